The van der Waals surface area contributed by atoms with Gasteiger partial charge >= 0.3 is 0 Å². The van der Waals surface area contributed by atoms with Gasteiger partial charge in [0.05, 0.1) is 0 Å². The van der Waals surface area contributed by atoms with Gasteiger partial charge in [0.1, 0.15) is 0 Å². The fourth-order valence-corrected chi connectivity index (χ4v) is 12.5. The molecule has 0 heteroatoms. The van der Waals surface area contributed by atoms with Crippen molar-refractivity contribution in [3.05, 3.63) is 0 Å². The van der Waals surface area contributed by atoms with Crippen LogP contribution >= 0.6 is 0 Å². The number of hydrogen-bond donors (Lipinski definition) is 0. The third kappa shape index (κ3) is 1.25. The molecule has 0 aromatic carbocycles. The smallest absolute Gasteiger partial charge is 0.0171 e. The van der Waals surface area contributed by atoms with Crippen LogP contribution in [0.5, 0.6) is 0 Å². The molecule has 8 aliphatic rings. The molecule has 8 rings (SSSR count). The Hall–Kier alpha value is 0. The van der Waals surface area contributed by atoms with Gasteiger partial charge in [0, 0.05) is 0 Å². The van der Waals surface area contributed by atoms with Gasteiger partial charge in [-0.05, 0) is 128 Å². The van der Waals surface area contributed by atoms with Gasteiger partial charge < -0.3 is 0 Å². The first kappa shape index (κ1) is 14.1. The van der Waals surface area contributed by atoms with Gasteiger partial charge in [-0.1, -0.05) is 20.3 Å². The Morgan fingerprint density at radius 3 is 2.12 bits per heavy atom. The molecular weight excluding hydrogens is 288 g/mol. The highest BCUT2D eigenvalue weighted by Crippen LogP contribution is 2.87. The van der Waals surface area contributed by atoms with Crippen LogP contribution in [0, 0.1) is 63.6 Å². The number of fused-ring (bicyclic) bond motifs is 1. The van der Waals surface area contributed by atoms with E-state index in [2.05, 4.69) is 13.8 Å². The van der Waals surface area contributed by atoms with E-state index in [1.54, 1.807) is 70.6 Å². The monoisotopic (exact) mass is 324 g/mol. The average Bonchev–Trinajstić information content (AvgIpc) is 2.67. The summed E-state index contributed by atoms with van der Waals surface area (Å²) in [5.41, 5.74) is 2.29. The minimum Gasteiger partial charge on any atom is -0.0593 e. The van der Waals surface area contributed by atoms with Crippen molar-refractivity contribution in [3.63, 3.8) is 0 Å². The molecule has 24 heavy (non-hydrogen) atoms. The molecule has 0 radical (unpaired) electrons. The quantitative estimate of drug-likeness (QED) is 0.490. The first-order valence-corrected chi connectivity index (χ1v) is 11.5. The lowest BCUT2D eigenvalue weighted by Crippen LogP contribution is -2.63. The summed E-state index contributed by atoms with van der Waals surface area (Å²) in [5, 5.41) is 0. The van der Waals surface area contributed by atoms with Crippen molar-refractivity contribution in [2.45, 2.75) is 84.5 Å². The molecular formula is C24H36. The Morgan fingerprint density at radius 1 is 0.625 bits per heavy atom. The maximum absolute atomic E-state index is 2.78. The lowest BCUT2D eigenvalue weighted by atomic mass is 9.34. The summed E-state index contributed by atoms with van der Waals surface area (Å²) in [6.45, 7) is 5.57. The fourth-order valence-electron chi connectivity index (χ4n) is 12.5. The zero-order valence-corrected chi connectivity index (χ0v) is 15.9. The van der Waals surface area contributed by atoms with E-state index in [4.69, 9.17) is 0 Å². The molecule has 0 nitrogen and oxygen atoms in total. The van der Waals surface area contributed by atoms with Crippen molar-refractivity contribution in [2.75, 3.05) is 0 Å². The van der Waals surface area contributed by atoms with E-state index in [9.17, 15) is 0 Å². The highest BCUT2D eigenvalue weighted by Gasteiger charge is 2.80. The van der Waals surface area contributed by atoms with Crippen LogP contribution in [0.25, 0.3) is 0 Å². The lowest BCUT2D eigenvalue weighted by Gasteiger charge is -2.70. The summed E-state index contributed by atoms with van der Waals surface area (Å²) < 4.78 is 0. The van der Waals surface area contributed by atoms with Crippen molar-refractivity contribution in [1.29, 1.82) is 0 Å². The standard InChI is InChI=1S/C24H36/c1-22(2)20-18-9-15-7-16(10-18)12-23(20,11-15)24-13-14-3-5-19(24)6-4-17(8-14)21(22)24/h14-21H,3-13H2,1-2H3. The van der Waals surface area contributed by atoms with Crippen molar-refractivity contribution in [3.8, 4) is 0 Å². The predicted molar refractivity (Wildman–Crippen MR) is 97.4 cm³/mol. The van der Waals surface area contributed by atoms with E-state index >= 15 is 0 Å². The molecule has 132 valence electrons. The molecule has 8 unspecified atom stereocenters. The zero-order valence-electron chi connectivity index (χ0n) is 15.9. The summed E-state index contributed by atoms with van der Waals surface area (Å²) in [6.07, 6.45) is 18.0. The highest BCUT2D eigenvalue weighted by molar-refractivity contribution is 5.28. The van der Waals surface area contributed by atoms with E-state index in [1.165, 1.54) is 0 Å². The van der Waals surface area contributed by atoms with Crippen LogP contribution in [0.1, 0.15) is 84.5 Å². The summed E-state index contributed by atoms with van der Waals surface area (Å²) in [4.78, 5) is 0. The number of rotatable bonds is 0. The maximum Gasteiger partial charge on any atom is -0.0171 e. The first-order valence-electron chi connectivity index (χ1n) is 11.5. The Labute approximate surface area is 148 Å². The summed E-state index contributed by atoms with van der Waals surface area (Å²) in [5.74, 6) is 9.03. The van der Waals surface area contributed by atoms with Crippen molar-refractivity contribution in [1.82, 2.24) is 0 Å². The van der Waals surface area contributed by atoms with E-state index in [0.717, 1.165) is 58.2 Å². The Bertz CT molecular complexity index is 585. The largest absolute Gasteiger partial charge is 0.0593 e. The van der Waals surface area contributed by atoms with Crippen LogP contribution in [0.2, 0.25) is 0 Å². The molecule has 8 fully saturated rings. The van der Waals surface area contributed by atoms with Gasteiger partial charge in [0.15, 0.2) is 0 Å². The Morgan fingerprint density at radius 2 is 1.33 bits per heavy atom. The van der Waals surface area contributed by atoms with Crippen LogP contribution in [0.3, 0.4) is 0 Å². The Kier molecular flexibility index (Phi) is 2.33. The Balaban J connectivity index is 1.51. The summed E-state index contributed by atoms with van der Waals surface area (Å²) >= 11 is 0. The van der Waals surface area contributed by atoms with Gasteiger partial charge in [-0.2, -0.15) is 0 Å². The SMILES string of the molecule is CC1(C)C2C3CC4CC(C3)CC2(C4)C23CC4CCC2CCC(C4)C13. The van der Waals surface area contributed by atoms with Gasteiger partial charge in [-0.15, -0.1) is 0 Å². The minimum absolute atomic E-state index is 0.656. The van der Waals surface area contributed by atoms with E-state index in [1.807, 2.05) is 0 Å². The maximum atomic E-state index is 2.78. The van der Waals surface area contributed by atoms with Gasteiger partial charge in [-0.25, -0.2) is 0 Å². The van der Waals surface area contributed by atoms with Crippen LogP contribution in [0.15, 0.2) is 0 Å². The van der Waals surface area contributed by atoms with Crippen LogP contribution in [0.4, 0.5) is 0 Å². The third-order valence-electron chi connectivity index (χ3n) is 11.7. The molecule has 0 aromatic heterocycles. The molecule has 0 aromatic rings. The van der Waals surface area contributed by atoms with E-state index in [-0.39, 0.29) is 0 Å². The molecule has 0 amide bonds. The van der Waals surface area contributed by atoms with Crippen molar-refractivity contribution >= 4 is 0 Å². The average molecular weight is 325 g/mol. The minimum atomic E-state index is 0.656. The molecule has 8 aliphatic carbocycles. The van der Waals surface area contributed by atoms with Crippen LogP contribution in [-0.4, -0.2) is 0 Å². The van der Waals surface area contributed by atoms with Gasteiger partial charge in [0.2, 0.25) is 0 Å². The number of hydrogen-bond acceptors (Lipinski definition) is 0. The summed E-state index contributed by atoms with van der Waals surface area (Å²) in [6, 6.07) is 0. The van der Waals surface area contributed by atoms with Gasteiger partial charge in [0.25, 0.3) is 0 Å². The van der Waals surface area contributed by atoms with Crippen molar-refractivity contribution in [2.24, 2.45) is 63.6 Å². The van der Waals surface area contributed by atoms with E-state index in [0.29, 0.717) is 5.41 Å². The molecule has 0 heterocycles. The second-order valence-electron chi connectivity index (χ2n) is 12.5. The van der Waals surface area contributed by atoms with Crippen molar-refractivity contribution < 1.29 is 0 Å². The molecule has 0 aliphatic heterocycles. The van der Waals surface area contributed by atoms with Crippen LogP contribution in [-0.2, 0) is 0 Å². The topological polar surface area (TPSA) is 0 Å². The van der Waals surface area contributed by atoms with Crippen LogP contribution < -0.4 is 0 Å². The third-order valence-corrected chi connectivity index (χ3v) is 11.7. The summed E-state index contributed by atoms with van der Waals surface area (Å²) in [7, 11) is 0. The lowest BCUT2D eigenvalue weighted by molar-refractivity contribution is -0.217. The predicted octanol–water partition coefficient (Wildman–Crippen LogP) is 6.30. The molecule has 0 N–H and O–H groups in total. The molecule has 0 saturated heterocycles. The molecule has 7 bridgehead atoms. The normalized spacial score (nSPS) is 67.2. The van der Waals surface area contributed by atoms with Gasteiger partial charge in [-0.3, -0.25) is 0 Å². The second kappa shape index (κ2) is 3.96. The first-order chi connectivity index (χ1) is 11.5. The fraction of sp³-hybridized carbons (Fsp3) is 1.00. The molecule has 8 saturated carbocycles. The second-order valence-corrected chi connectivity index (χ2v) is 12.5. The zero-order chi connectivity index (χ0) is 15.9. The molecule has 8 atom stereocenters. The van der Waals surface area contributed by atoms with E-state index < -0.39 is 0 Å². The highest BCUT2D eigenvalue weighted by atomic mass is 14.8. The molecule has 2 spiro atoms.